The summed E-state index contributed by atoms with van der Waals surface area (Å²) >= 11 is 0. The molecule has 0 radical (unpaired) electrons. The summed E-state index contributed by atoms with van der Waals surface area (Å²) in [6, 6.07) is 0. The number of ether oxygens (including phenoxy) is 1. The predicted molar refractivity (Wildman–Crippen MR) is 91.2 cm³/mol. The summed E-state index contributed by atoms with van der Waals surface area (Å²) in [7, 11) is 0. The van der Waals surface area contributed by atoms with Gasteiger partial charge in [0, 0.05) is 5.41 Å². The second-order valence-electron chi connectivity index (χ2n) is 10.1. The van der Waals surface area contributed by atoms with E-state index in [4.69, 9.17) is 4.74 Å². The number of aliphatic hydroxyl groups is 5. The quantitative estimate of drug-likeness (QED) is 0.410. The van der Waals surface area contributed by atoms with E-state index in [0.717, 1.165) is 12.8 Å². The van der Waals surface area contributed by atoms with Gasteiger partial charge in [-0.3, -0.25) is 0 Å². The molecule has 6 rings (SSSR count). The van der Waals surface area contributed by atoms with Crippen molar-refractivity contribution >= 4 is 0 Å². The molecule has 9 atom stereocenters. The first-order chi connectivity index (χ1) is 11.4. The van der Waals surface area contributed by atoms with Gasteiger partial charge in [0.2, 0.25) is 0 Å². The van der Waals surface area contributed by atoms with Crippen LogP contribution in [0.15, 0.2) is 0 Å². The van der Waals surface area contributed by atoms with E-state index >= 15 is 0 Å². The lowest BCUT2D eigenvalue weighted by Gasteiger charge is -2.57. The maximum absolute atomic E-state index is 12.2. The molecular formula is C19H32O7. The molecule has 6 bridgehead atoms. The van der Waals surface area contributed by atoms with Crippen molar-refractivity contribution in [3.63, 3.8) is 0 Å². The van der Waals surface area contributed by atoms with Crippen LogP contribution in [0.5, 0.6) is 0 Å². The van der Waals surface area contributed by atoms with Crippen LogP contribution < -0.4 is 0 Å². The maximum atomic E-state index is 12.2. The van der Waals surface area contributed by atoms with Crippen molar-refractivity contribution in [1.29, 1.82) is 0 Å². The minimum absolute atomic E-state index is 0. The van der Waals surface area contributed by atoms with Crippen LogP contribution in [0.3, 0.4) is 0 Å². The molecule has 2 aliphatic heterocycles. The number of hydrogen-bond donors (Lipinski definition) is 5. The summed E-state index contributed by atoms with van der Waals surface area (Å²) in [5, 5.41) is 58.9. The Balaban J connectivity index is 0.00000168. The Morgan fingerprint density at radius 2 is 1.58 bits per heavy atom. The minimum Gasteiger partial charge on any atom is -0.412 e. The molecule has 150 valence electrons. The summed E-state index contributed by atoms with van der Waals surface area (Å²) in [5.74, 6) is -0.397. The topological polar surface area (TPSA) is 142 Å². The lowest BCUT2D eigenvalue weighted by Crippen LogP contribution is -2.69. The number of hydrogen-bond acceptors (Lipinski definition) is 6. The highest BCUT2D eigenvalue weighted by molar-refractivity contribution is 5.54. The summed E-state index contributed by atoms with van der Waals surface area (Å²) in [6.45, 7) is 7.07. The SMILES string of the molecule is CC(C)[C@@]1(O)[C@@H](O)[C@@]2(O)[C@@]3(C)C[C@@H]4O[C@@]5(CCCC[C@]35O)[C@@]2(O)[C@@]41C.O. The van der Waals surface area contributed by atoms with E-state index in [1.807, 2.05) is 0 Å². The predicted octanol–water partition coefficient (Wildman–Crippen LogP) is -0.742. The standard InChI is InChI=1S/C19H30O6.H2O/c1-10(2)17(22)12(20)18(23)13(3)9-11-14(17,4)19(18,24)16(25-11)8-6-5-7-15(13,16)21;/h10-12,20-24H,5-9H2,1-4H3;1H2/t11-,12+,13-,14-,15-,16+,17+,18+,19-;/m0./s1. The molecule has 2 saturated heterocycles. The Kier molecular flexibility index (Phi) is 3.17. The molecule has 0 amide bonds. The molecule has 4 saturated carbocycles. The van der Waals surface area contributed by atoms with Crippen LogP contribution in [-0.4, -0.2) is 71.2 Å². The lowest BCUT2D eigenvalue weighted by atomic mass is 9.54. The van der Waals surface area contributed by atoms with Crippen molar-refractivity contribution < 1.29 is 35.7 Å². The molecule has 0 aromatic rings. The maximum Gasteiger partial charge on any atom is 0.139 e. The van der Waals surface area contributed by atoms with Crippen LogP contribution in [-0.2, 0) is 4.74 Å². The average Bonchev–Trinajstić information content (AvgIpc) is 2.79. The molecule has 7 nitrogen and oxygen atoms in total. The Morgan fingerprint density at radius 3 is 2.15 bits per heavy atom. The van der Waals surface area contributed by atoms with Crippen molar-refractivity contribution in [2.45, 2.75) is 100 Å². The first-order valence-corrected chi connectivity index (χ1v) is 9.62. The van der Waals surface area contributed by atoms with Gasteiger partial charge in [0.15, 0.2) is 0 Å². The molecule has 2 heterocycles. The lowest BCUT2D eigenvalue weighted by molar-refractivity contribution is -0.280. The molecule has 0 unspecified atom stereocenters. The van der Waals surface area contributed by atoms with Gasteiger partial charge >= 0.3 is 0 Å². The molecule has 26 heavy (non-hydrogen) atoms. The normalized spacial score (nSPS) is 67.6. The summed E-state index contributed by atoms with van der Waals surface area (Å²) in [4.78, 5) is 0. The highest BCUT2D eigenvalue weighted by Crippen LogP contribution is 2.87. The van der Waals surface area contributed by atoms with Gasteiger partial charge < -0.3 is 35.7 Å². The van der Waals surface area contributed by atoms with Gasteiger partial charge in [-0.2, -0.15) is 0 Å². The van der Waals surface area contributed by atoms with Crippen LogP contribution in [0.2, 0.25) is 0 Å². The van der Waals surface area contributed by atoms with Gasteiger partial charge in [-0.05, 0) is 25.2 Å². The molecule has 6 aliphatic rings. The first kappa shape index (κ1) is 19.1. The van der Waals surface area contributed by atoms with E-state index in [1.165, 1.54) is 0 Å². The third-order valence-electron chi connectivity index (χ3n) is 9.73. The zero-order valence-electron chi connectivity index (χ0n) is 15.9. The van der Waals surface area contributed by atoms with Gasteiger partial charge in [0.05, 0.1) is 11.5 Å². The van der Waals surface area contributed by atoms with Gasteiger partial charge in [0.25, 0.3) is 0 Å². The number of aliphatic hydroxyl groups excluding tert-OH is 1. The van der Waals surface area contributed by atoms with Crippen LogP contribution in [0, 0.1) is 16.7 Å². The summed E-state index contributed by atoms with van der Waals surface area (Å²) < 4.78 is 6.38. The van der Waals surface area contributed by atoms with E-state index in [1.54, 1.807) is 27.7 Å². The fourth-order valence-corrected chi connectivity index (χ4v) is 8.54. The minimum atomic E-state index is -2.03. The van der Waals surface area contributed by atoms with Crippen molar-refractivity contribution in [1.82, 2.24) is 0 Å². The van der Waals surface area contributed by atoms with Crippen molar-refractivity contribution in [3.05, 3.63) is 0 Å². The van der Waals surface area contributed by atoms with E-state index in [2.05, 4.69) is 0 Å². The molecule has 4 aliphatic carbocycles. The molecule has 6 fully saturated rings. The molecule has 7 heteroatoms. The van der Waals surface area contributed by atoms with E-state index in [-0.39, 0.29) is 5.48 Å². The first-order valence-electron chi connectivity index (χ1n) is 9.62. The fourth-order valence-electron chi connectivity index (χ4n) is 8.54. The van der Waals surface area contributed by atoms with Crippen LogP contribution in [0.4, 0.5) is 0 Å². The summed E-state index contributed by atoms with van der Waals surface area (Å²) in [5.41, 5.74) is -10.8. The third kappa shape index (κ3) is 1.10. The van der Waals surface area contributed by atoms with Crippen LogP contribution in [0.25, 0.3) is 0 Å². The van der Waals surface area contributed by atoms with Crippen molar-refractivity contribution in [3.8, 4) is 0 Å². The van der Waals surface area contributed by atoms with Crippen molar-refractivity contribution in [2.75, 3.05) is 0 Å². The Hall–Kier alpha value is -0.280. The van der Waals surface area contributed by atoms with Gasteiger partial charge in [-0.25, -0.2) is 0 Å². The van der Waals surface area contributed by atoms with Gasteiger partial charge in [-0.1, -0.05) is 40.5 Å². The molecule has 1 spiro atoms. The zero-order chi connectivity index (χ0) is 18.5. The average molecular weight is 372 g/mol. The smallest absolute Gasteiger partial charge is 0.139 e. The highest BCUT2D eigenvalue weighted by atomic mass is 16.6. The van der Waals surface area contributed by atoms with Crippen molar-refractivity contribution in [2.24, 2.45) is 16.7 Å². The number of rotatable bonds is 1. The zero-order valence-corrected chi connectivity index (χ0v) is 15.9. The van der Waals surface area contributed by atoms with E-state index in [9.17, 15) is 25.5 Å². The fraction of sp³-hybridized carbons (Fsp3) is 1.00. The monoisotopic (exact) mass is 372 g/mol. The van der Waals surface area contributed by atoms with Crippen LogP contribution >= 0.6 is 0 Å². The molecule has 0 aromatic heterocycles. The Morgan fingerprint density at radius 1 is 1.00 bits per heavy atom. The molecule has 7 N–H and O–H groups in total. The molecular weight excluding hydrogens is 340 g/mol. The summed E-state index contributed by atoms with van der Waals surface area (Å²) in [6.07, 6.45) is 0.637. The third-order valence-corrected chi connectivity index (χ3v) is 9.73. The Labute approximate surface area is 153 Å². The highest BCUT2D eigenvalue weighted by Gasteiger charge is 3.05. The van der Waals surface area contributed by atoms with E-state index in [0.29, 0.717) is 19.3 Å². The second-order valence-corrected chi connectivity index (χ2v) is 10.1. The largest absolute Gasteiger partial charge is 0.412 e. The Bertz CT molecular complexity index is 683. The molecule has 0 aromatic carbocycles. The van der Waals surface area contributed by atoms with Gasteiger partial charge in [-0.15, -0.1) is 0 Å². The second kappa shape index (κ2) is 4.32. The van der Waals surface area contributed by atoms with Gasteiger partial charge in [0.1, 0.15) is 34.1 Å². The van der Waals surface area contributed by atoms with E-state index < -0.39 is 57.0 Å². The van der Waals surface area contributed by atoms with Crippen LogP contribution in [0.1, 0.15) is 59.8 Å².